The number of anilines is 1. The second kappa shape index (κ2) is 9.07. The molecule has 0 aromatic heterocycles. The lowest BCUT2D eigenvalue weighted by Crippen LogP contribution is -2.42. The van der Waals surface area contributed by atoms with Crippen molar-refractivity contribution in [3.05, 3.63) is 54.6 Å². The van der Waals surface area contributed by atoms with E-state index in [1.165, 1.54) is 0 Å². The van der Waals surface area contributed by atoms with Crippen LogP contribution in [-0.2, 0) is 4.79 Å². The molecule has 2 aromatic carbocycles. The fourth-order valence-corrected chi connectivity index (χ4v) is 3.30. The van der Waals surface area contributed by atoms with Crippen molar-refractivity contribution >= 4 is 17.6 Å². The van der Waals surface area contributed by atoms with Crippen molar-refractivity contribution in [3.63, 3.8) is 0 Å². The Hall–Kier alpha value is -3.02. The zero-order chi connectivity index (χ0) is 19.1. The zero-order valence-corrected chi connectivity index (χ0v) is 15.3. The van der Waals surface area contributed by atoms with Crippen LogP contribution in [0, 0.1) is 5.92 Å². The zero-order valence-electron chi connectivity index (χ0n) is 15.3. The number of piperidine rings is 1. The number of ether oxygens (including phenoxy) is 1. The standard InChI is InChI=1S/C21H25N3O3/c22-20(25)13-12-16-7-6-14-24(15-16)21(26)23-18-10-4-5-11-19(18)27-17-8-2-1-3-9-17/h1-5,8-11,16H,6-7,12-15H2,(H2,22,25)(H,23,26). The summed E-state index contributed by atoms with van der Waals surface area (Å²) in [5, 5.41) is 2.96. The van der Waals surface area contributed by atoms with E-state index in [1.54, 1.807) is 4.90 Å². The molecule has 1 atom stereocenters. The number of hydrogen-bond donors (Lipinski definition) is 2. The second-order valence-corrected chi connectivity index (χ2v) is 6.80. The topological polar surface area (TPSA) is 84.7 Å². The Kier molecular flexibility index (Phi) is 6.30. The molecule has 0 radical (unpaired) electrons. The van der Waals surface area contributed by atoms with Crippen molar-refractivity contribution in [2.75, 3.05) is 18.4 Å². The summed E-state index contributed by atoms with van der Waals surface area (Å²) in [4.78, 5) is 25.5. The highest BCUT2D eigenvalue weighted by Crippen LogP contribution is 2.30. The van der Waals surface area contributed by atoms with E-state index >= 15 is 0 Å². The van der Waals surface area contributed by atoms with Crippen LogP contribution in [0.2, 0.25) is 0 Å². The summed E-state index contributed by atoms with van der Waals surface area (Å²) in [6, 6.07) is 16.7. The molecule has 3 amide bonds. The van der Waals surface area contributed by atoms with Crippen LogP contribution in [-0.4, -0.2) is 29.9 Å². The first-order valence-corrected chi connectivity index (χ1v) is 9.28. The molecule has 0 bridgehead atoms. The van der Waals surface area contributed by atoms with E-state index in [-0.39, 0.29) is 11.9 Å². The predicted molar refractivity (Wildman–Crippen MR) is 105 cm³/mol. The van der Waals surface area contributed by atoms with Crippen LogP contribution in [0.5, 0.6) is 11.5 Å². The Morgan fingerprint density at radius 1 is 1.11 bits per heavy atom. The monoisotopic (exact) mass is 367 g/mol. The third kappa shape index (κ3) is 5.48. The number of benzene rings is 2. The van der Waals surface area contributed by atoms with Crippen LogP contribution in [0.1, 0.15) is 25.7 Å². The van der Waals surface area contributed by atoms with Gasteiger partial charge in [0.1, 0.15) is 5.75 Å². The van der Waals surface area contributed by atoms with Crippen LogP contribution < -0.4 is 15.8 Å². The second-order valence-electron chi connectivity index (χ2n) is 6.80. The van der Waals surface area contributed by atoms with Crippen molar-refractivity contribution < 1.29 is 14.3 Å². The van der Waals surface area contributed by atoms with Gasteiger partial charge in [-0.2, -0.15) is 0 Å². The number of nitrogens with zero attached hydrogens (tertiary/aromatic N) is 1. The number of amides is 3. The summed E-state index contributed by atoms with van der Waals surface area (Å²) < 4.78 is 5.90. The number of nitrogens with two attached hydrogens (primary N) is 1. The average Bonchev–Trinajstić information content (AvgIpc) is 2.69. The molecule has 1 aliphatic heterocycles. The summed E-state index contributed by atoms with van der Waals surface area (Å²) >= 11 is 0. The van der Waals surface area contributed by atoms with Gasteiger partial charge in [0.25, 0.3) is 0 Å². The molecule has 1 unspecified atom stereocenters. The van der Waals surface area contributed by atoms with Gasteiger partial charge in [-0.05, 0) is 49.4 Å². The fourth-order valence-electron chi connectivity index (χ4n) is 3.30. The number of carbonyl (C=O) groups is 2. The van der Waals surface area contributed by atoms with Gasteiger partial charge in [0.2, 0.25) is 5.91 Å². The minimum Gasteiger partial charge on any atom is -0.455 e. The highest BCUT2D eigenvalue weighted by Gasteiger charge is 2.24. The fraction of sp³-hybridized carbons (Fsp3) is 0.333. The van der Waals surface area contributed by atoms with Gasteiger partial charge in [-0.25, -0.2) is 4.79 Å². The van der Waals surface area contributed by atoms with Gasteiger partial charge in [-0.15, -0.1) is 0 Å². The molecule has 6 heteroatoms. The van der Waals surface area contributed by atoms with Gasteiger partial charge in [0, 0.05) is 19.5 Å². The van der Waals surface area contributed by atoms with Crippen LogP contribution in [0.25, 0.3) is 0 Å². The molecule has 142 valence electrons. The van der Waals surface area contributed by atoms with E-state index in [9.17, 15) is 9.59 Å². The molecule has 27 heavy (non-hydrogen) atoms. The Bertz CT molecular complexity index is 779. The molecule has 1 fully saturated rings. The number of primary amides is 1. The molecule has 0 spiro atoms. The quantitative estimate of drug-likeness (QED) is 0.810. The maximum Gasteiger partial charge on any atom is 0.321 e. The first-order chi connectivity index (χ1) is 13.1. The molecular formula is C21H25N3O3. The van der Waals surface area contributed by atoms with Gasteiger partial charge in [-0.1, -0.05) is 30.3 Å². The lowest BCUT2D eigenvalue weighted by molar-refractivity contribution is -0.118. The first kappa shape index (κ1) is 18.8. The van der Waals surface area contributed by atoms with Crippen LogP contribution in [0.3, 0.4) is 0 Å². The normalized spacial score (nSPS) is 16.6. The van der Waals surface area contributed by atoms with E-state index < -0.39 is 0 Å². The highest BCUT2D eigenvalue weighted by molar-refractivity contribution is 5.91. The summed E-state index contributed by atoms with van der Waals surface area (Å²) in [7, 11) is 0. The number of hydrogen-bond acceptors (Lipinski definition) is 3. The van der Waals surface area contributed by atoms with Gasteiger partial charge in [0.15, 0.2) is 5.75 Å². The molecule has 1 aliphatic rings. The number of carbonyl (C=O) groups excluding carboxylic acids is 2. The molecule has 3 rings (SSSR count). The number of likely N-dealkylation sites (tertiary alicyclic amines) is 1. The molecule has 0 aliphatic carbocycles. The Morgan fingerprint density at radius 3 is 2.63 bits per heavy atom. The maximum absolute atomic E-state index is 12.7. The molecule has 6 nitrogen and oxygen atoms in total. The molecule has 1 saturated heterocycles. The van der Waals surface area contributed by atoms with E-state index in [2.05, 4.69) is 5.32 Å². The summed E-state index contributed by atoms with van der Waals surface area (Å²) in [6.07, 6.45) is 3.05. The van der Waals surface area contributed by atoms with Crippen molar-refractivity contribution in [3.8, 4) is 11.5 Å². The lowest BCUT2D eigenvalue weighted by Gasteiger charge is -2.32. The minimum atomic E-state index is -0.288. The Balaban J connectivity index is 1.63. The Morgan fingerprint density at radius 2 is 1.85 bits per heavy atom. The Labute approximate surface area is 159 Å². The van der Waals surface area contributed by atoms with E-state index in [4.69, 9.17) is 10.5 Å². The van der Waals surface area contributed by atoms with Crippen molar-refractivity contribution in [1.29, 1.82) is 0 Å². The molecule has 0 saturated carbocycles. The number of nitrogens with one attached hydrogen (secondary N) is 1. The van der Waals surface area contributed by atoms with Gasteiger partial charge < -0.3 is 20.7 Å². The van der Waals surface area contributed by atoms with Crippen LogP contribution >= 0.6 is 0 Å². The van der Waals surface area contributed by atoms with Gasteiger partial charge in [-0.3, -0.25) is 4.79 Å². The third-order valence-corrected chi connectivity index (χ3v) is 4.70. The van der Waals surface area contributed by atoms with E-state index in [1.807, 2.05) is 54.6 Å². The number of rotatable bonds is 6. The predicted octanol–water partition coefficient (Wildman–Crippen LogP) is 3.99. The van der Waals surface area contributed by atoms with E-state index in [0.717, 1.165) is 19.3 Å². The van der Waals surface area contributed by atoms with Crippen molar-refractivity contribution in [2.24, 2.45) is 11.7 Å². The van der Waals surface area contributed by atoms with E-state index in [0.29, 0.717) is 42.6 Å². The van der Waals surface area contributed by atoms with Crippen LogP contribution in [0.4, 0.5) is 10.5 Å². The smallest absolute Gasteiger partial charge is 0.321 e. The van der Waals surface area contributed by atoms with Crippen LogP contribution in [0.15, 0.2) is 54.6 Å². The summed E-state index contributed by atoms with van der Waals surface area (Å²) in [5.41, 5.74) is 5.87. The van der Waals surface area contributed by atoms with Gasteiger partial charge >= 0.3 is 6.03 Å². The lowest BCUT2D eigenvalue weighted by atomic mass is 9.93. The maximum atomic E-state index is 12.7. The summed E-state index contributed by atoms with van der Waals surface area (Å²) in [5.74, 6) is 1.33. The minimum absolute atomic E-state index is 0.150. The summed E-state index contributed by atoms with van der Waals surface area (Å²) in [6.45, 7) is 1.35. The highest BCUT2D eigenvalue weighted by atomic mass is 16.5. The SMILES string of the molecule is NC(=O)CCC1CCCN(C(=O)Nc2ccccc2Oc2ccccc2)C1. The molecule has 3 N–H and O–H groups in total. The number of urea groups is 1. The molecular weight excluding hydrogens is 342 g/mol. The molecule has 1 heterocycles. The average molecular weight is 367 g/mol. The largest absolute Gasteiger partial charge is 0.455 e. The first-order valence-electron chi connectivity index (χ1n) is 9.28. The third-order valence-electron chi connectivity index (χ3n) is 4.70. The van der Waals surface area contributed by atoms with Crippen molar-refractivity contribution in [2.45, 2.75) is 25.7 Å². The van der Waals surface area contributed by atoms with Gasteiger partial charge in [0.05, 0.1) is 5.69 Å². The molecule has 2 aromatic rings. The van der Waals surface area contributed by atoms with Crippen molar-refractivity contribution in [1.82, 2.24) is 4.90 Å². The number of para-hydroxylation sites is 3.